The van der Waals surface area contributed by atoms with Crippen LogP contribution < -0.4 is 10.1 Å². The van der Waals surface area contributed by atoms with Gasteiger partial charge in [0.05, 0.1) is 13.2 Å². The third-order valence-electron chi connectivity index (χ3n) is 2.39. The van der Waals surface area contributed by atoms with E-state index in [1.165, 1.54) is 6.26 Å². The van der Waals surface area contributed by atoms with Gasteiger partial charge in [-0.05, 0) is 26.0 Å². The van der Waals surface area contributed by atoms with Crippen molar-refractivity contribution in [2.24, 2.45) is 0 Å². The molecule has 0 fully saturated rings. The van der Waals surface area contributed by atoms with Gasteiger partial charge >= 0.3 is 5.97 Å². The molecule has 1 heterocycles. The summed E-state index contributed by atoms with van der Waals surface area (Å²) in [4.78, 5) is 15.5. The summed E-state index contributed by atoms with van der Waals surface area (Å²) in [5, 5.41) is 2.95. The Labute approximate surface area is 116 Å². The molecule has 2 aromatic rings. The lowest BCUT2D eigenvalue weighted by atomic mass is 10.3. The Hall–Kier alpha value is -2.50. The molecule has 0 unspecified atom stereocenters. The van der Waals surface area contributed by atoms with Crippen LogP contribution in [0, 0.1) is 0 Å². The highest BCUT2D eigenvalue weighted by molar-refractivity contribution is 5.87. The summed E-state index contributed by atoms with van der Waals surface area (Å²) in [5.74, 6) is 0.238. The lowest BCUT2D eigenvalue weighted by Crippen LogP contribution is -2.05. The number of nitrogens with one attached hydrogen (secondary N) is 1. The minimum Gasteiger partial charge on any atom is -0.494 e. The molecule has 1 aromatic heterocycles. The molecule has 20 heavy (non-hydrogen) atoms. The number of ether oxygens (including phenoxy) is 2. The van der Waals surface area contributed by atoms with Crippen molar-refractivity contribution in [2.45, 2.75) is 13.8 Å². The molecule has 0 spiro atoms. The number of carbonyl (C=O) groups is 1. The summed E-state index contributed by atoms with van der Waals surface area (Å²) >= 11 is 0. The Bertz CT molecular complexity index is 580. The molecular formula is C14H16N2O4. The molecule has 6 nitrogen and oxygen atoms in total. The predicted molar refractivity (Wildman–Crippen MR) is 73.4 cm³/mol. The SMILES string of the molecule is CCOC(=O)c1coc(Nc2cccc(OCC)c2)n1. The van der Waals surface area contributed by atoms with Gasteiger partial charge in [0.15, 0.2) is 5.69 Å². The van der Waals surface area contributed by atoms with Crippen LogP contribution in [-0.2, 0) is 4.74 Å². The van der Waals surface area contributed by atoms with Crippen molar-refractivity contribution in [1.82, 2.24) is 4.98 Å². The van der Waals surface area contributed by atoms with E-state index in [9.17, 15) is 4.79 Å². The van der Waals surface area contributed by atoms with Crippen LogP contribution in [0.15, 0.2) is 34.9 Å². The molecule has 1 N–H and O–H groups in total. The topological polar surface area (TPSA) is 73.6 Å². The zero-order chi connectivity index (χ0) is 14.4. The van der Waals surface area contributed by atoms with Crippen molar-refractivity contribution in [1.29, 1.82) is 0 Å². The fourth-order valence-electron chi connectivity index (χ4n) is 1.58. The van der Waals surface area contributed by atoms with Gasteiger partial charge in [0.1, 0.15) is 12.0 Å². The van der Waals surface area contributed by atoms with Crippen molar-refractivity contribution >= 4 is 17.7 Å². The van der Waals surface area contributed by atoms with Gasteiger partial charge < -0.3 is 19.2 Å². The summed E-state index contributed by atoms with van der Waals surface area (Å²) in [6.45, 7) is 4.54. The number of nitrogens with zero attached hydrogens (tertiary/aromatic N) is 1. The molecule has 0 amide bonds. The third-order valence-corrected chi connectivity index (χ3v) is 2.39. The van der Waals surface area contributed by atoms with Crippen molar-refractivity contribution in [2.75, 3.05) is 18.5 Å². The van der Waals surface area contributed by atoms with Gasteiger partial charge in [-0.1, -0.05) is 6.07 Å². The number of rotatable bonds is 6. The normalized spacial score (nSPS) is 10.1. The minimum absolute atomic E-state index is 0.135. The van der Waals surface area contributed by atoms with E-state index < -0.39 is 5.97 Å². The van der Waals surface area contributed by atoms with E-state index in [2.05, 4.69) is 10.3 Å². The second-order valence-corrected chi connectivity index (χ2v) is 3.84. The Morgan fingerprint density at radius 1 is 1.35 bits per heavy atom. The Morgan fingerprint density at radius 2 is 2.20 bits per heavy atom. The molecule has 0 aliphatic carbocycles. The van der Waals surface area contributed by atoms with E-state index in [0.717, 1.165) is 11.4 Å². The maximum absolute atomic E-state index is 11.5. The number of oxazole rings is 1. The smallest absolute Gasteiger partial charge is 0.360 e. The van der Waals surface area contributed by atoms with Crippen molar-refractivity contribution in [3.05, 3.63) is 36.2 Å². The monoisotopic (exact) mass is 276 g/mol. The molecule has 0 saturated carbocycles. The lowest BCUT2D eigenvalue weighted by molar-refractivity contribution is 0.0519. The fraction of sp³-hybridized carbons (Fsp3) is 0.286. The van der Waals surface area contributed by atoms with Gasteiger partial charge in [0, 0.05) is 11.8 Å². The average Bonchev–Trinajstić information content (AvgIpc) is 2.88. The summed E-state index contributed by atoms with van der Waals surface area (Å²) in [5.41, 5.74) is 0.892. The van der Waals surface area contributed by atoms with Gasteiger partial charge in [0.25, 0.3) is 6.01 Å². The molecule has 0 saturated heterocycles. The fourth-order valence-corrected chi connectivity index (χ4v) is 1.58. The van der Waals surface area contributed by atoms with Crippen LogP contribution in [-0.4, -0.2) is 24.2 Å². The van der Waals surface area contributed by atoms with Crippen LogP contribution >= 0.6 is 0 Å². The van der Waals surface area contributed by atoms with Crippen LogP contribution in [0.1, 0.15) is 24.3 Å². The summed E-state index contributed by atoms with van der Waals surface area (Å²) < 4.78 is 15.4. The molecule has 0 aliphatic heterocycles. The number of esters is 1. The first-order chi connectivity index (χ1) is 9.72. The quantitative estimate of drug-likeness (QED) is 0.817. The maximum Gasteiger partial charge on any atom is 0.360 e. The minimum atomic E-state index is -0.507. The van der Waals surface area contributed by atoms with E-state index in [4.69, 9.17) is 13.9 Å². The van der Waals surface area contributed by atoms with Gasteiger partial charge in [-0.3, -0.25) is 0 Å². The molecule has 0 bridgehead atoms. The Kier molecular flexibility index (Phi) is 4.60. The molecule has 0 radical (unpaired) electrons. The van der Waals surface area contributed by atoms with Gasteiger partial charge in [-0.2, -0.15) is 4.98 Å². The largest absolute Gasteiger partial charge is 0.494 e. The number of benzene rings is 1. The first-order valence-electron chi connectivity index (χ1n) is 6.35. The summed E-state index contributed by atoms with van der Waals surface area (Å²) in [7, 11) is 0. The van der Waals surface area contributed by atoms with E-state index in [-0.39, 0.29) is 11.7 Å². The standard InChI is InChI=1S/C14H16N2O4/c1-3-18-11-7-5-6-10(8-11)15-14-16-12(9-20-14)13(17)19-4-2/h5-9H,3-4H2,1-2H3,(H,15,16). The summed E-state index contributed by atoms with van der Waals surface area (Å²) in [6, 6.07) is 7.59. The molecular weight excluding hydrogens is 260 g/mol. The zero-order valence-corrected chi connectivity index (χ0v) is 11.4. The number of aromatic nitrogens is 1. The van der Waals surface area contributed by atoms with Gasteiger partial charge in [0.2, 0.25) is 0 Å². The third kappa shape index (κ3) is 3.50. The van der Waals surface area contributed by atoms with Crippen LogP contribution in [0.5, 0.6) is 5.75 Å². The predicted octanol–water partition coefficient (Wildman–Crippen LogP) is 2.99. The number of anilines is 2. The first kappa shape index (κ1) is 13.9. The lowest BCUT2D eigenvalue weighted by Gasteiger charge is -2.05. The summed E-state index contributed by atoms with van der Waals surface area (Å²) in [6.07, 6.45) is 1.26. The second kappa shape index (κ2) is 6.60. The zero-order valence-electron chi connectivity index (χ0n) is 11.4. The number of hydrogen-bond donors (Lipinski definition) is 1. The number of carbonyl (C=O) groups excluding carboxylic acids is 1. The van der Waals surface area contributed by atoms with E-state index in [0.29, 0.717) is 13.2 Å². The molecule has 1 aromatic carbocycles. The second-order valence-electron chi connectivity index (χ2n) is 3.84. The van der Waals surface area contributed by atoms with Crippen molar-refractivity contribution < 1.29 is 18.7 Å². The van der Waals surface area contributed by atoms with E-state index in [1.54, 1.807) is 6.92 Å². The average molecular weight is 276 g/mol. The Balaban J connectivity index is 2.06. The highest BCUT2D eigenvalue weighted by Gasteiger charge is 2.13. The molecule has 6 heteroatoms. The van der Waals surface area contributed by atoms with E-state index in [1.807, 2.05) is 31.2 Å². The van der Waals surface area contributed by atoms with Crippen LogP contribution in [0.3, 0.4) is 0 Å². The molecule has 2 rings (SSSR count). The highest BCUT2D eigenvalue weighted by atomic mass is 16.5. The highest BCUT2D eigenvalue weighted by Crippen LogP contribution is 2.21. The van der Waals surface area contributed by atoms with E-state index >= 15 is 0 Å². The first-order valence-corrected chi connectivity index (χ1v) is 6.35. The van der Waals surface area contributed by atoms with Crippen molar-refractivity contribution in [3.63, 3.8) is 0 Å². The van der Waals surface area contributed by atoms with Gasteiger partial charge in [-0.15, -0.1) is 0 Å². The van der Waals surface area contributed by atoms with Crippen LogP contribution in [0.4, 0.5) is 11.7 Å². The Morgan fingerprint density at radius 3 is 2.95 bits per heavy atom. The molecule has 106 valence electrons. The number of hydrogen-bond acceptors (Lipinski definition) is 6. The van der Waals surface area contributed by atoms with Gasteiger partial charge in [-0.25, -0.2) is 4.79 Å². The maximum atomic E-state index is 11.5. The molecule has 0 atom stereocenters. The molecule has 0 aliphatic rings. The van der Waals surface area contributed by atoms with Crippen LogP contribution in [0.2, 0.25) is 0 Å². The van der Waals surface area contributed by atoms with Crippen molar-refractivity contribution in [3.8, 4) is 5.75 Å². The van der Waals surface area contributed by atoms with Crippen LogP contribution in [0.25, 0.3) is 0 Å².